The van der Waals surface area contributed by atoms with E-state index in [-0.39, 0.29) is 17.6 Å². The van der Waals surface area contributed by atoms with Gasteiger partial charge in [-0.05, 0) is 43.2 Å². The van der Waals surface area contributed by atoms with Crippen LogP contribution in [-0.4, -0.2) is 72.5 Å². The van der Waals surface area contributed by atoms with Crippen molar-refractivity contribution < 1.29 is 22.9 Å². The standard InChI is InChI=1S/C25H28Cl2F3N5O3/c26-21-3-2-19(16-22(21)27)33-13-11-32(12-14-33)8-7-24(36)34-9-5-17(6-10-34)31-18-1-4-23(35(37)38)20(15-18)25(28,29)30/h1-4,15-17,31H,5-14H2. The number of rotatable bonds is 7. The number of carbonyl (C=O) groups is 1. The third-order valence-corrected chi connectivity index (χ3v) is 7.74. The van der Waals surface area contributed by atoms with Gasteiger partial charge in [0, 0.05) is 75.7 Å². The van der Waals surface area contributed by atoms with Crippen molar-refractivity contribution in [1.29, 1.82) is 0 Å². The molecule has 2 aliphatic rings. The van der Waals surface area contributed by atoms with Gasteiger partial charge in [0.2, 0.25) is 5.91 Å². The first-order chi connectivity index (χ1) is 18.0. The summed E-state index contributed by atoms with van der Waals surface area (Å²) in [5.41, 5.74) is -1.06. The van der Waals surface area contributed by atoms with Crippen molar-refractivity contribution in [3.05, 3.63) is 62.1 Å². The highest BCUT2D eigenvalue weighted by Gasteiger charge is 2.38. The summed E-state index contributed by atoms with van der Waals surface area (Å²) >= 11 is 12.1. The number of halogens is 5. The van der Waals surface area contributed by atoms with Gasteiger partial charge in [-0.25, -0.2) is 0 Å². The summed E-state index contributed by atoms with van der Waals surface area (Å²) in [6.07, 6.45) is -3.27. The van der Waals surface area contributed by atoms with Gasteiger partial charge in [0.15, 0.2) is 0 Å². The van der Waals surface area contributed by atoms with Crippen molar-refractivity contribution in [3.63, 3.8) is 0 Å². The third kappa shape index (κ3) is 7.00. The maximum Gasteiger partial charge on any atom is 0.423 e. The van der Waals surface area contributed by atoms with Crippen LogP contribution in [0.15, 0.2) is 36.4 Å². The monoisotopic (exact) mass is 573 g/mol. The summed E-state index contributed by atoms with van der Waals surface area (Å²) in [4.78, 5) is 29.0. The Hall–Kier alpha value is -2.76. The van der Waals surface area contributed by atoms with Gasteiger partial charge < -0.3 is 15.1 Å². The fourth-order valence-electron chi connectivity index (χ4n) is 4.84. The molecule has 2 heterocycles. The molecule has 38 heavy (non-hydrogen) atoms. The molecule has 1 amide bonds. The number of piperidine rings is 1. The Balaban J connectivity index is 1.21. The summed E-state index contributed by atoms with van der Waals surface area (Å²) in [6.45, 7) is 4.96. The number of alkyl halides is 3. The van der Waals surface area contributed by atoms with Gasteiger partial charge in [0.1, 0.15) is 5.56 Å². The van der Waals surface area contributed by atoms with E-state index in [4.69, 9.17) is 23.2 Å². The van der Waals surface area contributed by atoms with E-state index in [2.05, 4.69) is 15.1 Å². The van der Waals surface area contributed by atoms with Crippen molar-refractivity contribution >= 4 is 46.2 Å². The topological polar surface area (TPSA) is 82.0 Å². The Labute approximate surface area is 228 Å². The number of likely N-dealkylation sites (tertiary alicyclic amines) is 1. The molecule has 0 radical (unpaired) electrons. The van der Waals surface area contributed by atoms with E-state index < -0.39 is 22.4 Å². The Morgan fingerprint density at radius 1 is 1.00 bits per heavy atom. The number of piperazine rings is 1. The molecule has 4 rings (SSSR count). The minimum absolute atomic E-state index is 0.0602. The van der Waals surface area contributed by atoms with Crippen LogP contribution in [0, 0.1) is 10.1 Å². The summed E-state index contributed by atoms with van der Waals surface area (Å²) in [7, 11) is 0. The SMILES string of the molecule is O=C(CCN1CCN(c2ccc(Cl)c(Cl)c2)CC1)N1CCC(Nc2ccc([N+](=O)[O-])c(C(F)(F)F)c2)CC1. The largest absolute Gasteiger partial charge is 0.423 e. The van der Waals surface area contributed by atoms with Crippen LogP contribution in [0.4, 0.5) is 30.2 Å². The number of hydrogen-bond acceptors (Lipinski definition) is 6. The summed E-state index contributed by atoms with van der Waals surface area (Å²) in [5.74, 6) is 0.0602. The lowest BCUT2D eigenvalue weighted by molar-refractivity contribution is -0.388. The second-order valence-electron chi connectivity index (χ2n) is 9.46. The molecule has 0 aromatic heterocycles. The summed E-state index contributed by atoms with van der Waals surface area (Å²) in [6, 6.07) is 8.39. The molecule has 0 unspecified atom stereocenters. The number of nitrogens with one attached hydrogen (secondary N) is 1. The number of carbonyl (C=O) groups excluding carboxylic acids is 1. The highest BCUT2D eigenvalue weighted by Crippen LogP contribution is 2.38. The molecule has 0 saturated carbocycles. The lowest BCUT2D eigenvalue weighted by Gasteiger charge is -2.37. The minimum atomic E-state index is -4.83. The lowest BCUT2D eigenvalue weighted by Crippen LogP contribution is -2.48. The predicted molar refractivity (Wildman–Crippen MR) is 141 cm³/mol. The number of nitro groups is 1. The van der Waals surface area contributed by atoms with Crippen LogP contribution in [0.3, 0.4) is 0 Å². The molecular formula is C25H28Cl2F3N5O3. The van der Waals surface area contributed by atoms with Crippen LogP contribution in [-0.2, 0) is 11.0 Å². The molecule has 2 saturated heterocycles. The molecular weight excluding hydrogens is 546 g/mol. The molecule has 0 aliphatic carbocycles. The molecule has 13 heteroatoms. The fraction of sp³-hybridized carbons (Fsp3) is 0.480. The molecule has 2 aliphatic heterocycles. The minimum Gasteiger partial charge on any atom is -0.382 e. The maximum atomic E-state index is 13.2. The zero-order chi connectivity index (χ0) is 27.4. The van der Waals surface area contributed by atoms with Crippen LogP contribution >= 0.6 is 23.2 Å². The third-order valence-electron chi connectivity index (χ3n) is 7.00. The number of benzene rings is 2. The molecule has 0 spiro atoms. The molecule has 2 fully saturated rings. The average molecular weight is 574 g/mol. The Morgan fingerprint density at radius 3 is 2.29 bits per heavy atom. The molecule has 0 atom stereocenters. The zero-order valence-electron chi connectivity index (χ0n) is 20.5. The van der Waals surface area contributed by atoms with Crippen LogP contribution in [0.25, 0.3) is 0 Å². The molecule has 1 N–H and O–H groups in total. The molecule has 8 nitrogen and oxygen atoms in total. The van der Waals surface area contributed by atoms with Crippen molar-refractivity contribution in [3.8, 4) is 0 Å². The van der Waals surface area contributed by atoms with Crippen LogP contribution in [0.1, 0.15) is 24.8 Å². The number of amides is 1. The van der Waals surface area contributed by atoms with E-state index >= 15 is 0 Å². The normalized spacial score (nSPS) is 17.5. The molecule has 0 bridgehead atoms. The second-order valence-corrected chi connectivity index (χ2v) is 10.3. The summed E-state index contributed by atoms with van der Waals surface area (Å²) < 4.78 is 39.7. The second kappa shape index (κ2) is 12.0. The van der Waals surface area contributed by atoms with Gasteiger partial charge in [0.25, 0.3) is 5.69 Å². The van der Waals surface area contributed by atoms with Gasteiger partial charge >= 0.3 is 6.18 Å². The van der Waals surface area contributed by atoms with E-state index in [9.17, 15) is 28.1 Å². The Morgan fingerprint density at radius 2 is 1.68 bits per heavy atom. The van der Waals surface area contributed by atoms with Crippen LogP contribution in [0.2, 0.25) is 10.0 Å². The lowest BCUT2D eigenvalue weighted by atomic mass is 10.0. The number of nitrogens with zero attached hydrogens (tertiary/aromatic N) is 4. The number of anilines is 2. The molecule has 206 valence electrons. The van der Waals surface area contributed by atoms with Crippen molar-refractivity contribution in [2.45, 2.75) is 31.5 Å². The zero-order valence-corrected chi connectivity index (χ0v) is 22.0. The van der Waals surface area contributed by atoms with E-state index in [1.165, 1.54) is 6.07 Å². The van der Waals surface area contributed by atoms with E-state index in [0.717, 1.165) is 44.0 Å². The van der Waals surface area contributed by atoms with Crippen LogP contribution < -0.4 is 10.2 Å². The van der Waals surface area contributed by atoms with E-state index in [1.54, 1.807) is 11.0 Å². The highest BCUT2D eigenvalue weighted by atomic mass is 35.5. The molecule has 2 aromatic rings. The smallest absolute Gasteiger partial charge is 0.382 e. The van der Waals surface area contributed by atoms with Crippen molar-refractivity contribution in [2.75, 3.05) is 56.0 Å². The first-order valence-electron chi connectivity index (χ1n) is 12.3. The van der Waals surface area contributed by atoms with E-state index in [0.29, 0.717) is 48.9 Å². The first-order valence-corrected chi connectivity index (χ1v) is 13.1. The average Bonchev–Trinajstić information content (AvgIpc) is 2.89. The number of hydrogen-bond donors (Lipinski definition) is 1. The van der Waals surface area contributed by atoms with Crippen LogP contribution in [0.5, 0.6) is 0 Å². The predicted octanol–water partition coefficient (Wildman–Crippen LogP) is 5.54. The van der Waals surface area contributed by atoms with E-state index in [1.807, 2.05) is 12.1 Å². The maximum absolute atomic E-state index is 13.2. The Kier molecular flexibility index (Phi) is 8.89. The summed E-state index contributed by atoms with van der Waals surface area (Å²) in [5, 5.41) is 15.0. The van der Waals surface area contributed by atoms with Gasteiger partial charge in [-0.2, -0.15) is 13.2 Å². The van der Waals surface area contributed by atoms with Crippen molar-refractivity contribution in [1.82, 2.24) is 9.80 Å². The molecule has 2 aromatic carbocycles. The van der Waals surface area contributed by atoms with Gasteiger partial charge in [-0.1, -0.05) is 23.2 Å². The first kappa shape index (κ1) is 28.3. The highest BCUT2D eigenvalue weighted by molar-refractivity contribution is 6.42. The Bertz CT molecular complexity index is 1170. The quantitative estimate of drug-likeness (QED) is 0.346. The van der Waals surface area contributed by atoms with Crippen molar-refractivity contribution in [2.24, 2.45) is 0 Å². The van der Waals surface area contributed by atoms with Gasteiger partial charge in [-0.3, -0.25) is 19.8 Å². The van der Waals surface area contributed by atoms with Gasteiger partial charge in [-0.15, -0.1) is 0 Å². The number of nitro benzene ring substituents is 1. The fourth-order valence-corrected chi connectivity index (χ4v) is 5.14. The van der Waals surface area contributed by atoms with Gasteiger partial charge in [0.05, 0.1) is 15.0 Å².